The first kappa shape index (κ1) is 19.8. The lowest BCUT2D eigenvalue weighted by Gasteiger charge is -2.24. The van der Waals surface area contributed by atoms with Crippen LogP contribution in [0.5, 0.6) is 5.88 Å². The zero-order chi connectivity index (χ0) is 19.8. The number of hydrogen-bond donors (Lipinski definition) is 0. The summed E-state index contributed by atoms with van der Waals surface area (Å²) in [7, 11) is 0. The van der Waals surface area contributed by atoms with E-state index in [2.05, 4.69) is 23.4 Å². The van der Waals surface area contributed by atoms with Crippen molar-refractivity contribution in [1.82, 2.24) is 14.5 Å². The molecular weight excluding hydrogens is 366 g/mol. The third-order valence-electron chi connectivity index (χ3n) is 4.34. The van der Waals surface area contributed by atoms with Gasteiger partial charge in [0.1, 0.15) is 16.9 Å². The fourth-order valence-corrected chi connectivity index (χ4v) is 3.43. The number of carbonyl (C=O) groups excluding carboxylic acids is 1. The van der Waals surface area contributed by atoms with Crippen LogP contribution in [0.1, 0.15) is 41.0 Å². The molecule has 3 rings (SSSR count). The number of carbonyl (C=O) groups is 1. The van der Waals surface area contributed by atoms with Crippen molar-refractivity contribution in [2.24, 2.45) is 5.92 Å². The summed E-state index contributed by atoms with van der Waals surface area (Å²) in [6.07, 6.45) is 2.35. The van der Waals surface area contributed by atoms with Crippen LogP contribution in [0, 0.1) is 5.92 Å². The number of rotatable bonds is 4. The first-order valence-corrected chi connectivity index (χ1v) is 9.80. The van der Waals surface area contributed by atoms with Crippen LogP contribution >= 0.6 is 11.6 Å². The molecule has 0 aliphatic carbocycles. The van der Waals surface area contributed by atoms with Crippen molar-refractivity contribution in [3.63, 3.8) is 0 Å². The summed E-state index contributed by atoms with van der Waals surface area (Å²) in [5.74, 6) is 1.05. The van der Waals surface area contributed by atoms with Crippen molar-refractivity contribution in [3.8, 4) is 5.88 Å². The minimum atomic E-state index is -0.504. The molecule has 7 heteroatoms. The van der Waals surface area contributed by atoms with Gasteiger partial charge in [0.05, 0.1) is 17.4 Å². The van der Waals surface area contributed by atoms with E-state index in [1.807, 2.05) is 39.1 Å². The molecule has 2 aromatic heterocycles. The molecule has 0 aromatic carbocycles. The van der Waals surface area contributed by atoms with E-state index in [0.717, 1.165) is 23.9 Å². The second kappa shape index (κ2) is 7.58. The van der Waals surface area contributed by atoms with E-state index in [-0.39, 0.29) is 12.2 Å². The van der Waals surface area contributed by atoms with E-state index in [1.54, 1.807) is 4.90 Å². The molecular formula is C20H28ClN3O3. The Morgan fingerprint density at radius 2 is 2.15 bits per heavy atom. The smallest absolute Gasteiger partial charge is 0.410 e. The highest BCUT2D eigenvalue weighted by Gasteiger charge is 2.31. The molecule has 27 heavy (non-hydrogen) atoms. The normalized spacial score (nSPS) is 17.7. The van der Waals surface area contributed by atoms with Crippen LogP contribution in [0.25, 0.3) is 10.9 Å². The maximum Gasteiger partial charge on any atom is 0.410 e. The van der Waals surface area contributed by atoms with E-state index in [9.17, 15) is 4.79 Å². The number of likely N-dealkylation sites (tertiary alicyclic amines) is 1. The SMILES string of the molecule is CC(C)Cn1ccc2c(O[C@H]3CCN(C(=O)OC(C)(C)C)C3)nc(Cl)cc21. The van der Waals surface area contributed by atoms with Gasteiger partial charge in [-0.05, 0) is 32.8 Å². The molecule has 3 heterocycles. The Balaban J connectivity index is 1.74. The van der Waals surface area contributed by atoms with Gasteiger partial charge >= 0.3 is 6.09 Å². The van der Waals surface area contributed by atoms with Crippen molar-refractivity contribution in [2.75, 3.05) is 13.1 Å². The fourth-order valence-electron chi connectivity index (χ4n) is 3.25. The van der Waals surface area contributed by atoms with Crippen LogP contribution in [0.15, 0.2) is 18.3 Å². The van der Waals surface area contributed by atoms with Crippen molar-refractivity contribution in [3.05, 3.63) is 23.5 Å². The Kier molecular flexibility index (Phi) is 5.56. The number of aromatic nitrogens is 2. The van der Waals surface area contributed by atoms with Gasteiger partial charge in [-0.2, -0.15) is 0 Å². The van der Waals surface area contributed by atoms with Gasteiger partial charge in [0.25, 0.3) is 0 Å². The maximum atomic E-state index is 12.2. The quantitative estimate of drug-likeness (QED) is 0.704. The Morgan fingerprint density at radius 3 is 2.81 bits per heavy atom. The Hall–Kier alpha value is -1.95. The molecule has 1 aliphatic heterocycles. The molecule has 0 bridgehead atoms. The van der Waals surface area contributed by atoms with Gasteiger partial charge in [-0.25, -0.2) is 9.78 Å². The number of ether oxygens (including phenoxy) is 2. The molecule has 2 aromatic rings. The summed E-state index contributed by atoms with van der Waals surface area (Å²) >= 11 is 6.24. The molecule has 0 saturated carbocycles. The third kappa shape index (κ3) is 4.86. The first-order chi connectivity index (χ1) is 12.6. The number of hydrogen-bond acceptors (Lipinski definition) is 4. The number of halogens is 1. The Morgan fingerprint density at radius 1 is 1.41 bits per heavy atom. The lowest BCUT2D eigenvalue weighted by atomic mass is 10.2. The number of amides is 1. The zero-order valence-electron chi connectivity index (χ0n) is 16.7. The van der Waals surface area contributed by atoms with Crippen LogP contribution in [-0.4, -0.2) is 45.3 Å². The predicted octanol–water partition coefficient (Wildman–Crippen LogP) is 4.73. The van der Waals surface area contributed by atoms with Crippen LogP contribution in [0.3, 0.4) is 0 Å². The van der Waals surface area contributed by atoms with Crippen LogP contribution < -0.4 is 4.74 Å². The van der Waals surface area contributed by atoms with Gasteiger partial charge in [0.15, 0.2) is 0 Å². The predicted molar refractivity (Wildman–Crippen MR) is 106 cm³/mol. The summed E-state index contributed by atoms with van der Waals surface area (Å²) in [5.41, 5.74) is 0.511. The highest BCUT2D eigenvalue weighted by atomic mass is 35.5. The van der Waals surface area contributed by atoms with Gasteiger partial charge in [0.2, 0.25) is 5.88 Å². The molecule has 0 N–H and O–H groups in total. The molecule has 1 saturated heterocycles. The zero-order valence-corrected chi connectivity index (χ0v) is 17.4. The van der Waals surface area contributed by atoms with Gasteiger partial charge in [-0.3, -0.25) is 0 Å². The van der Waals surface area contributed by atoms with E-state index in [1.165, 1.54) is 0 Å². The van der Waals surface area contributed by atoms with Gasteiger partial charge in [0, 0.05) is 31.8 Å². The molecule has 0 radical (unpaired) electrons. The monoisotopic (exact) mass is 393 g/mol. The standard InChI is InChI=1S/C20H28ClN3O3/c1-13(2)11-23-9-7-15-16(23)10-17(21)22-18(15)26-14-6-8-24(12-14)19(25)27-20(3,4)5/h7,9-10,13-14H,6,8,11-12H2,1-5H3/t14-/m0/s1. The molecule has 0 spiro atoms. The second-order valence-corrected chi connectivity index (χ2v) is 8.89. The minimum absolute atomic E-state index is 0.125. The lowest BCUT2D eigenvalue weighted by molar-refractivity contribution is 0.0275. The van der Waals surface area contributed by atoms with Crippen molar-refractivity contribution < 1.29 is 14.3 Å². The van der Waals surface area contributed by atoms with Gasteiger partial charge in [-0.1, -0.05) is 25.4 Å². The molecule has 1 atom stereocenters. The molecule has 6 nitrogen and oxygen atoms in total. The fraction of sp³-hybridized carbons (Fsp3) is 0.600. The number of fused-ring (bicyclic) bond motifs is 1. The third-order valence-corrected chi connectivity index (χ3v) is 4.53. The van der Waals surface area contributed by atoms with Gasteiger partial charge < -0.3 is 18.9 Å². The van der Waals surface area contributed by atoms with E-state index in [4.69, 9.17) is 21.1 Å². The average Bonchev–Trinajstić information content (AvgIpc) is 3.13. The topological polar surface area (TPSA) is 56.6 Å². The van der Waals surface area contributed by atoms with E-state index >= 15 is 0 Å². The summed E-state index contributed by atoms with van der Waals surface area (Å²) in [4.78, 5) is 18.3. The Labute approximate surface area is 165 Å². The van der Waals surface area contributed by atoms with Crippen LogP contribution in [0.4, 0.5) is 4.79 Å². The van der Waals surface area contributed by atoms with Crippen molar-refractivity contribution in [1.29, 1.82) is 0 Å². The lowest BCUT2D eigenvalue weighted by Crippen LogP contribution is -2.36. The van der Waals surface area contributed by atoms with E-state index < -0.39 is 5.60 Å². The maximum absolute atomic E-state index is 12.2. The molecule has 1 fully saturated rings. The Bertz CT molecular complexity index is 826. The highest BCUT2D eigenvalue weighted by molar-refractivity contribution is 6.30. The summed E-state index contributed by atoms with van der Waals surface area (Å²) in [6, 6.07) is 3.88. The molecule has 148 valence electrons. The minimum Gasteiger partial charge on any atom is -0.472 e. The number of pyridine rings is 1. The molecule has 0 unspecified atom stereocenters. The van der Waals surface area contributed by atoms with Gasteiger partial charge in [-0.15, -0.1) is 0 Å². The average molecular weight is 394 g/mol. The van der Waals surface area contributed by atoms with Crippen molar-refractivity contribution in [2.45, 2.75) is 59.3 Å². The van der Waals surface area contributed by atoms with E-state index in [0.29, 0.717) is 30.0 Å². The second-order valence-electron chi connectivity index (χ2n) is 8.50. The molecule has 1 aliphatic rings. The first-order valence-electron chi connectivity index (χ1n) is 9.42. The summed E-state index contributed by atoms with van der Waals surface area (Å²) in [6.45, 7) is 11.9. The highest BCUT2D eigenvalue weighted by Crippen LogP contribution is 2.30. The van der Waals surface area contributed by atoms with Crippen LogP contribution in [-0.2, 0) is 11.3 Å². The largest absolute Gasteiger partial charge is 0.472 e. The summed E-state index contributed by atoms with van der Waals surface area (Å²) < 4.78 is 13.7. The van der Waals surface area contributed by atoms with Crippen molar-refractivity contribution >= 4 is 28.6 Å². The molecule has 1 amide bonds. The van der Waals surface area contributed by atoms with Crippen LogP contribution in [0.2, 0.25) is 5.15 Å². The number of nitrogens with zero attached hydrogens (tertiary/aromatic N) is 3. The summed E-state index contributed by atoms with van der Waals surface area (Å²) in [5, 5.41) is 1.35.